The summed E-state index contributed by atoms with van der Waals surface area (Å²) in [4.78, 5) is 34.3. The Morgan fingerprint density at radius 1 is 1.07 bits per heavy atom. The molecular formula is C17H14Cl2N2O7. The van der Waals surface area contributed by atoms with Crippen molar-refractivity contribution in [1.29, 1.82) is 0 Å². The molecule has 28 heavy (non-hydrogen) atoms. The molecule has 11 heteroatoms. The molecule has 1 amide bonds. The molecule has 0 aliphatic carbocycles. The highest BCUT2D eigenvalue weighted by atomic mass is 35.5. The minimum atomic E-state index is -0.921. The van der Waals surface area contributed by atoms with Gasteiger partial charge in [-0.25, -0.2) is 4.79 Å². The molecule has 0 bridgehead atoms. The van der Waals surface area contributed by atoms with Gasteiger partial charge in [0, 0.05) is 18.2 Å². The van der Waals surface area contributed by atoms with Gasteiger partial charge in [0.1, 0.15) is 16.5 Å². The van der Waals surface area contributed by atoms with E-state index in [2.05, 4.69) is 5.32 Å². The molecule has 2 rings (SSSR count). The number of benzene rings is 2. The summed E-state index contributed by atoms with van der Waals surface area (Å²) in [5.74, 6) is -1.00. The van der Waals surface area contributed by atoms with Gasteiger partial charge in [0.15, 0.2) is 6.61 Å². The molecule has 9 nitrogen and oxygen atoms in total. The highest BCUT2D eigenvalue weighted by molar-refractivity contribution is 6.33. The minimum absolute atomic E-state index is 0.116. The zero-order valence-corrected chi connectivity index (χ0v) is 16.2. The second-order valence-corrected chi connectivity index (χ2v) is 6.05. The molecular weight excluding hydrogens is 415 g/mol. The van der Waals surface area contributed by atoms with Gasteiger partial charge in [0.2, 0.25) is 0 Å². The molecule has 0 saturated carbocycles. The first kappa shape index (κ1) is 21.3. The van der Waals surface area contributed by atoms with Crippen molar-refractivity contribution in [2.75, 3.05) is 26.1 Å². The molecule has 0 radical (unpaired) electrons. The number of halogens is 2. The van der Waals surface area contributed by atoms with Crippen molar-refractivity contribution in [3.8, 4) is 11.5 Å². The van der Waals surface area contributed by atoms with Crippen molar-refractivity contribution in [3.63, 3.8) is 0 Å². The molecule has 1 N–H and O–H groups in total. The van der Waals surface area contributed by atoms with E-state index in [-0.39, 0.29) is 27.0 Å². The van der Waals surface area contributed by atoms with E-state index in [1.54, 1.807) is 0 Å². The van der Waals surface area contributed by atoms with Crippen molar-refractivity contribution < 1.29 is 28.7 Å². The van der Waals surface area contributed by atoms with Crippen LogP contribution in [0.5, 0.6) is 11.5 Å². The molecule has 0 saturated heterocycles. The smallest absolute Gasteiger partial charge is 0.338 e. The van der Waals surface area contributed by atoms with Gasteiger partial charge in [-0.1, -0.05) is 23.2 Å². The lowest BCUT2D eigenvalue weighted by Crippen LogP contribution is -2.21. The monoisotopic (exact) mass is 428 g/mol. The van der Waals surface area contributed by atoms with Crippen LogP contribution in [0.4, 0.5) is 11.4 Å². The highest BCUT2D eigenvalue weighted by Crippen LogP contribution is 2.35. The molecule has 0 aliphatic rings. The molecule has 0 fully saturated rings. The summed E-state index contributed by atoms with van der Waals surface area (Å²) in [6.07, 6.45) is 0. The Hall–Kier alpha value is -3.04. The van der Waals surface area contributed by atoms with Crippen molar-refractivity contribution >= 4 is 46.5 Å². The predicted molar refractivity (Wildman–Crippen MR) is 102 cm³/mol. The quantitative estimate of drug-likeness (QED) is 0.405. The summed E-state index contributed by atoms with van der Waals surface area (Å²) in [7, 11) is 2.80. The van der Waals surface area contributed by atoms with E-state index >= 15 is 0 Å². The van der Waals surface area contributed by atoms with E-state index in [1.807, 2.05) is 0 Å². The first-order valence-electron chi connectivity index (χ1n) is 7.59. The number of carbonyl (C=O) groups excluding carboxylic acids is 2. The highest BCUT2D eigenvalue weighted by Gasteiger charge is 2.19. The van der Waals surface area contributed by atoms with E-state index in [0.717, 1.165) is 6.07 Å². The lowest BCUT2D eigenvalue weighted by Gasteiger charge is -2.13. The van der Waals surface area contributed by atoms with Crippen LogP contribution in [0, 0.1) is 10.1 Å². The molecule has 0 unspecified atom stereocenters. The van der Waals surface area contributed by atoms with Crippen molar-refractivity contribution in [2.24, 2.45) is 0 Å². The Morgan fingerprint density at radius 2 is 1.75 bits per heavy atom. The normalized spacial score (nSPS) is 10.1. The number of hydrogen-bond acceptors (Lipinski definition) is 7. The number of nitrogens with zero attached hydrogens (tertiary/aromatic N) is 1. The average molecular weight is 429 g/mol. The Bertz CT molecular complexity index is 934. The second-order valence-electron chi connectivity index (χ2n) is 5.23. The number of esters is 1. The number of hydrogen-bond donors (Lipinski definition) is 1. The number of nitro benzene ring substituents is 1. The van der Waals surface area contributed by atoms with Crippen molar-refractivity contribution in [1.82, 2.24) is 0 Å². The van der Waals surface area contributed by atoms with Gasteiger partial charge in [0.05, 0.1) is 35.4 Å². The fraction of sp³-hybridized carbons (Fsp3) is 0.176. The van der Waals surface area contributed by atoms with Crippen molar-refractivity contribution in [2.45, 2.75) is 0 Å². The topological polar surface area (TPSA) is 117 Å². The van der Waals surface area contributed by atoms with Crippen LogP contribution in [-0.2, 0) is 9.53 Å². The van der Waals surface area contributed by atoms with Gasteiger partial charge >= 0.3 is 5.97 Å². The third-order valence-corrected chi connectivity index (χ3v) is 4.08. The third-order valence-electron chi connectivity index (χ3n) is 3.46. The van der Waals surface area contributed by atoms with Crippen LogP contribution in [0.15, 0.2) is 30.3 Å². The molecule has 0 spiro atoms. The van der Waals surface area contributed by atoms with Gasteiger partial charge in [-0.3, -0.25) is 14.9 Å². The Morgan fingerprint density at radius 3 is 2.36 bits per heavy atom. The predicted octanol–water partition coefficient (Wildman–Crippen LogP) is 3.71. The molecule has 148 valence electrons. The zero-order valence-electron chi connectivity index (χ0n) is 14.7. The summed E-state index contributed by atoms with van der Waals surface area (Å²) in [6, 6.07) is 6.32. The van der Waals surface area contributed by atoms with Gasteiger partial charge < -0.3 is 19.5 Å². The Kier molecular flexibility index (Phi) is 7.02. The molecule has 0 atom stereocenters. The number of carbonyl (C=O) groups is 2. The zero-order chi connectivity index (χ0) is 20.8. The van der Waals surface area contributed by atoms with E-state index < -0.39 is 29.1 Å². The Labute approximate surface area is 169 Å². The molecule has 2 aromatic rings. The van der Waals surface area contributed by atoms with Crippen LogP contribution >= 0.6 is 23.2 Å². The first-order chi connectivity index (χ1) is 13.3. The van der Waals surface area contributed by atoms with E-state index in [4.69, 9.17) is 37.4 Å². The first-order valence-corrected chi connectivity index (χ1v) is 8.34. The van der Waals surface area contributed by atoms with Gasteiger partial charge in [-0.05, 0) is 12.1 Å². The standard InChI is InChI=1S/C17H14Cl2N2O7/c1-26-14-7-12(15(27-2)6-11(14)19)20-16(22)8-28-17(23)9-3-4-10(18)13(5-9)21(24)25/h3-7H,8H2,1-2H3,(H,20,22). The van der Waals surface area contributed by atoms with E-state index in [9.17, 15) is 19.7 Å². The van der Waals surface area contributed by atoms with E-state index in [0.29, 0.717) is 5.75 Å². The van der Waals surface area contributed by atoms with Crippen LogP contribution in [0.25, 0.3) is 0 Å². The number of anilines is 1. The number of rotatable bonds is 7. The lowest BCUT2D eigenvalue weighted by atomic mass is 10.2. The Balaban J connectivity index is 2.06. The number of nitro groups is 1. The maximum Gasteiger partial charge on any atom is 0.338 e. The number of amides is 1. The van der Waals surface area contributed by atoms with Crippen LogP contribution in [0.2, 0.25) is 10.0 Å². The lowest BCUT2D eigenvalue weighted by molar-refractivity contribution is -0.384. The average Bonchev–Trinajstić information content (AvgIpc) is 2.67. The fourth-order valence-electron chi connectivity index (χ4n) is 2.14. The summed E-state index contributed by atoms with van der Waals surface area (Å²) in [6.45, 7) is -0.636. The van der Waals surface area contributed by atoms with Gasteiger partial charge in [-0.2, -0.15) is 0 Å². The summed E-state index contributed by atoms with van der Waals surface area (Å²) >= 11 is 11.7. The summed E-state index contributed by atoms with van der Waals surface area (Å²) in [5, 5.41) is 13.5. The third kappa shape index (κ3) is 5.02. The number of nitrogens with one attached hydrogen (secondary N) is 1. The molecule has 0 aromatic heterocycles. The SMILES string of the molecule is COc1cc(NC(=O)COC(=O)c2ccc(Cl)c([N+](=O)[O-])c2)c(OC)cc1Cl. The molecule has 2 aromatic carbocycles. The number of methoxy groups -OCH3 is 2. The van der Waals surface area contributed by atoms with Gasteiger partial charge in [0.25, 0.3) is 11.6 Å². The molecule has 0 heterocycles. The van der Waals surface area contributed by atoms with Crippen LogP contribution in [-0.4, -0.2) is 37.6 Å². The largest absolute Gasteiger partial charge is 0.495 e. The summed E-state index contributed by atoms with van der Waals surface area (Å²) in [5.41, 5.74) is -0.305. The minimum Gasteiger partial charge on any atom is -0.495 e. The maximum absolute atomic E-state index is 12.1. The number of ether oxygens (including phenoxy) is 3. The second kappa shape index (κ2) is 9.25. The molecule has 0 aliphatic heterocycles. The maximum atomic E-state index is 12.1. The van der Waals surface area contributed by atoms with Crippen LogP contribution in [0.3, 0.4) is 0 Å². The fourth-order valence-corrected chi connectivity index (χ4v) is 2.56. The van der Waals surface area contributed by atoms with Gasteiger partial charge in [-0.15, -0.1) is 0 Å². The van der Waals surface area contributed by atoms with E-state index in [1.165, 1.54) is 38.5 Å². The van der Waals surface area contributed by atoms with Crippen LogP contribution < -0.4 is 14.8 Å². The summed E-state index contributed by atoms with van der Waals surface area (Å²) < 4.78 is 15.1. The van der Waals surface area contributed by atoms with Crippen LogP contribution in [0.1, 0.15) is 10.4 Å². The van der Waals surface area contributed by atoms with Crippen molar-refractivity contribution in [3.05, 3.63) is 56.1 Å².